The second-order valence-corrected chi connectivity index (χ2v) is 10.9. The number of hydrogen-bond donors (Lipinski definition) is 2. The van der Waals surface area contributed by atoms with Crippen LogP contribution in [0.5, 0.6) is 5.75 Å². The molecular formula is C21H20F3N3O4S2. The van der Waals surface area contributed by atoms with Gasteiger partial charge in [0.15, 0.2) is 15.0 Å². The Kier molecular flexibility index (Phi) is 6.57. The van der Waals surface area contributed by atoms with Gasteiger partial charge in [0.1, 0.15) is 12.4 Å². The molecular weight excluding hydrogens is 479 g/mol. The number of hydrogen-bond acceptors (Lipinski definition) is 7. The standard InChI is InChI=1S/C21H20F3N3O4S2/c22-21(23,24)14-2-1-3-16(10-14)31-9-8-25-19(28)13-4-6-15(7-5-13)26-20-27-17-11-33(29,30)12-18(17)32-20/h1-7,10,17-18H,8-9,11-12H2,(H,25,28)(H,26,27)/t17-,18-/m1/s1. The molecule has 0 bridgehead atoms. The summed E-state index contributed by atoms with van der Waals surface area (Å²) >= 11 is 1.41. The van der Waals surface area contributed by atoms with E-state index in [9.17, 15) is 26.4 Å². The topological polar surface area (TPSA) is 96.9 Å². The zero-order valence-corrected chi connectivity index (χ0v) is 18.8. The highest BCUT2D eigenvalue weighted by Gasteiger charge is 2.42. The van der Waals surface area contributed by atoms with Crippen LogP contribution >= 0.6 is 11.8 Å². The lowest BCUT2D eigenvalue weighted by atomic mass is 10.2. The molecule has 4 rings (SSSR count). The predicted octanol–water partition coefficient (Wildman–Crippen LogP) is 3.19. The Bertz CT molecular complexity index is 1170. The third kappa shape index (κ3) is 5.99. The molecule has 0 spiro atoms. The van der Waals surface area contributed by atoms with E-state index in [1.807, 2.05) is 0 Å². The number of sulfone groups is 1. The summed E-state index contributed by atoms with van der Waals surface area (Å²) in [5.41, 5.74) is 0.324. The molecule has 1 saturated heterocycles. The first-order chi connectivity index (χ1) is 15.6. The fourth-order valence-electron chi connectivity index (χ4n) is 3.44. The van der Waals surface area contributed by atoms with Gasteiger partial charge in [0.2, 0.25) is 0 Å². The molecule has 12 heteroatoms. The van der Waals surface area contributed by atoms with Crippen LogP contribution in [0.4, 0.5) is 18.9 Å². The van der Waals surface area contributed by atoms with E-state index in [4.69, 9.17) is 4.74 Å². The van der Waals surface area contributed by atoms with Crippen LogP contribution < -0.4 is 15.4 Å². The van der Waals surface area contributed by atoms with Crippen LogP contribution in [-0.2, 0) is 16.0 Å². The maximum atomic E-state index is 12.7. The highest BCUT2D eigenvalue weighted by atomic mass is 32.2. The molecule has 2 aliphatic rings. The average molecular weight is 500 g/mol. The number of halogens is 3. The summed E-state index contributed by atoms with van der Waals surface area (Å²) < 4.78 is 66.7. The first kappa shape index (κ1) is 23.4. The van der Waals surface area contributed by atoms with Gasteiger partial charge in [-0.05, 0) is 42.5 Å². The number of alkyl halides is 3. The van der Waals surface area contributed by atoms with Crippen LogP contribution in [0.3, 0.4) is 0 Å². The van der Waals surface area contributed by atoms with E-state index in [1.165, 1.54) is 23.9 Å². The third-order valence-corrected chi connectivity index (χ3v) is 8.18. The lowest BCUT2D eigenvalue weighted by Crippen LogP contribution is -2.28. The number of anilines is 1. The number of thioether (sulfide) groups is 1. The van der Waals surface area contributed by atoms with Crippen LogP contribution in [0.25, 0.3) is 0 Å². The Balaban J connectivity index is 1.23. The number of amides is 1. The van der Waals surface area contributed by atoms with Crippen LogP contribution in [-0.4, -0.2) is 55.4 Å². The smallest absolute Gasteiger partial charge is 0.416 e. The Hall–Kier alpha value is -2.73. The molecule has 0 unspecified atom stereocenters. The first-order valence-electron chi connectivity index (χ1n) is 9.99. The molecule has 0 aliphatic carbocycles. The molecule has 2 aliphatic heterocycles. The second-order valence-electron chi connectivity index (χ2n) is 7.57. The van der Waals surface area contributed by atoms with Crippen molar-refractivity contribution in [3.63, 3.8) is 0 Å². The Labute approximate surface area is 192 Å². The number of aliphatic imine (C=N–C) groups is 1. The van der Waals surface area contributed by atoms with Gasteiger partial charge in [-0.1, -0.05) is 17.8 Å². The summed E-state index contributed by atoms with van der Waals surface area (Å²) in [5.74, 6) is -0.0644. The van der Waals surface area contributed by atoms with E-state index in [0.29, 0.717) is 16.4 Å². The van der Waals surface area contributed by atoms with E-state index >= 15 is 0 Å². The lowest BCUT2D eigenvalue weighted by molar-refractivity contribution is -0.137. The molecule has 176 valence electrons. The van der Waals surface area contributed by atoms with Gasteiger partial charge in [-0.25, -0.2) is 8.42 Å². The van der Waals surface area contributed by atoms with Crippen molar-refractivity contribution < 1.29 is 31.1 Å². The van der Waals surface area contributed by atoms with Crippen molar-refractivity contribution in [1.29, 1.82) is 0 Å². The van der Waals surface area contributed by atoms with E-state index in [2.05, 4.69) is 15.6 Å². The van der Waals surface area contributed by atoms with Crippen molar-refractivity contribution in [2.24, 2.45) is 4.99 Å². The quantitative estimate of drug-likeness (QED) is 0.593. The number of fused-ring (bicyclic) bond motifs is 1. The van der Waals surface area contributed by atoms with Crippen molar-refractivity contribution >= 4 is 38.4 Å². The SMILES string of the molecule is O=C(NCCOc1cccc(C(F)(F)F)c1)c1ccc(NC2=N[C@@H]3CS(=O)(=O)C[C@H]3S2)cc1. The molecule has 0 radical (unpaired) electrons. The van der Waals surface area contributed by atoms with E-state index < -0.39 is 21.6 Å². The number of carbonyl (C=O) groups excluding carboxylic acids is 1. The minimum atomic E-state index is -4.45. The van der Waals surface area contributed by atoms with Crippen LogP contribution in [0.2, 0.25) is 0 Å². The fourth-order valence-corrected chi connectivity index (χ4v) is 7.12. The van der Waals surface area contributed by atoms with E-state index in [0.717, 1.165) is 12.1 Å². The normalized spacial score (nSPS) is 21.2. The number of ether oxygens (including phenoxy) is 1. The molecule has 1 amide bonds. The monoisotopic (exact) mass is 499 g/mol. The van der Waals surface area contributed by atoms with Crippen molar-refractivity contribution in [2.75, 3.05) is 30.0 Å². The molecule has 2 N–H and O–H groups in total. The molecule has 2 heterocycles. The van der Waals surface area contributed by atoms with Gasteiger partial charge in [-0.2, -0.15) is 13.2 Å². The number of rotatable bonds is 6. The lowest BCUT2D eigenvalue weighted by Gasteiger charge is -2.11. The Morgan fingerprint density at radius 2 is 1.91 bits per heavy atom. The van der Waals surface area contributed by atoms with Gasteiger partial charge in [-0.3, -0.25) is 9.79 Å². The van der Waals surface area contributed by atoms with Gasteiger partial charge in [0.05, 0.1) is 29.7 Å². The number of nitrogens with zero attached hydrogens (tertiary/aromatic N) is 1. The van der Waals surface area contributed by atoms with Crippen LogP contribution in [0.1, 0.15) is 15.9 Å². The molecule has 33 heavy (non-hydrogen) atoms. The molecule has 2 atom stereocenters. The van der Waals surface area contributed by atoms with Gasteiger partial charge in [-0.15, -0.1) is 0 Å². The predicted molar refractivity (Wildman–Crippen MR) is 121 cm³/mol. The number of carbonyl (C=O) groups is 1. The van der Waals surface area contributed by atoms with Crippen molar-refractivity contribution in [1.82, 2.24) is 5.32 Å². The molecule has 2 aromatic carbocycles. The van der Waals surface area contributed by atoms with E-state index in [-0.39, 0.29) is 47.6 Å². The van der Waals surface area contributed by atoms with Crippen molar-refractivity contribution in [3.8, 4) is 5.75 Å². The summed E-state index contributed by atoms with van der Waals surface area (Å²) in [6.45, 7) is 0.135. The van der Waals surface area contributed by atoms with Gasteiger partial charge in [0.25, 0.3) is 5.91 Å². The zero-order chi connectivity index (χ0) is 23.6. The second kappa shape index (κ2) is 9.26. The molecule has 1 fully saturated rings. The van der Waals surface area contributed by atoms with E-state index in [1.54, 1.807) is 24.3 Å². The summed E-state index contributed by atoms with van der Waals surface area (Å²) in [4.78, 5) is 16.7. The van der Waals surface area contributed by atoms with Gasteiger partial charge >= 0.3 is 6.18 Å². The minimum Gasteiger partial charge on any atom is -0.492 e. The summed E-state index contributed by atoms with van der Waals surface area (Å²) in [7, 11) is -3.00. The maximum Gasteiger partial charge on any atom is 0.416 e. The third-order valence-electron chi connectivity index (χ3n) is 5.03. The maximum absolute atomic E-state index is 12.7. The number of amidine groups is 1. The Morgan fingerprint density at radius 3 is 2.61 bits per heavy atom. The zero-order valence-electron chi connectivity index (χ0n) is 17.1. The largest absolute Gasteiger partial charge is 0.492 e. The fraction of sp³-hybridized carbons (Fsp3) is 0.333. The highest BCUT2D eigenvalue weighted by molar-refractivity contribution is 8.15. The molecule has 7 nitrogen and oxygen atoms in total. The van der Waals surface area contributed by atoms with Crippen molar-refractivity contribution in [3.05, 3.63) is 59.7 Å². The minimum absolute atomic E-state index is 0.0157. The number of nitrogens with one attached hydrogen (secondary N) is 2. The highest BCUT2D eigenvalue weighted by Crippen LogP contribution is 2.34. The van der Waals surface area contributed by atoms with Gasteiger partial charge in [0, 0.05) is 16.5 Å². The number of benzene rings is 2. The summed E-state index contributed by atoms with van der Waals surface area (Å²) in [5, 5.41) is 6.39. The van der Waals surface area contributed by atoms with Crippen LogP contribution in [0, 0.1) is 0 Å². The molecule has 0 saturated carbocycles. The summed E-state index contributed by atoms with van der Waals surface area (Å²) in [6.07, 6.45) is -4.45. The Morgan fingerprint density at radius 1 is 1.15 bits per heavy atom. The summed E-state index contributed by atoms with van der Waals surface area (Å²) in [6, 6.07) is 11.0. The van der Waals surface area contributed by atoms with Crippen molar-refractivity contribution in [2.45, 2.75) is 17.5 Å². The average Bonchev–Trinajstić information content (AvgIpc) is 3.23. The first-order valence-corrected chi connectivity index (χ1v) is 12.7. The van der Waals surface area contributed by atoms with Crippen LogP contribution in [0.15, 0.2) is 53.5 Å². The molecule has 2 aromatic rings. The molecule has 0 aromatic heterocycles. The van der Waals surface area contributed by atoms with Gasteiger partial charge < -0.3 is 15.4 Å².